The highest BCUT2D eigenvalue weighted by Gasteiger charge is 2.22. The predicted octanol–water partition coefficient (Wildman–Crippen LogP) is 0.417. The van der Waals surface area contributed by atoms with E-state index in [2.05, 4.69) is 9.46 Å². The number of nitrogen functional groups attached to an aromatic ring is 1. The summed E-state index contributed by atoms with van der Waals surface area (Å²) in [6, 6.07) is 3.43. The summed E-state index contributed by atoms with van der Waals surface area (Å²) in [7, 11) is -2.59. The lowest BCUT2D eigenvalue weighted by molar-refractivity contribution is -0.142. The molecule has 0 bridgehead atoms. The molecule has 0 aromatic heterocycles. The number of ether oxygens (including phenoxy) is 1. The molecule has 0 fully saturated rings. The van der Waals surface area contributed by atoms with Crippen LogP contribution in [-0.2, 0) is 19.6 Å². The Morgan fingerprint density at radius 2 is 2.06 bits per heavy atom. The number of rotatable bonds is 4. The summed E-state index contributed by atoms with van der Waals surface area (Å²) < 4.78 is 30.6. The molecule has 18 heavy (non-hydrogen) atoms. The maximum Gasteiger partial charge on any atom is 0.323 e. The molecule has 0 heterocycles. The van der Waals surface area contributed by atoms with Gasteiger partial charge < -0.3 is 10.5 Å². The maximum atomic E-state index is 12.0. The smallest absolute Gasteiger partial charge is 0.323 e. The molecule has 1 unspecified atom stereocenters. The third-order valence-electron chi connectivity index (χ3n) is 2.45. The first kappa shape index (κ1) is 14.5. The minimum atomic E-state index is -3.78. The van der Waals surface area contributed by atoms with Crippen LogP contribution in [0.2, 0.25) is 0 Å². The number of aryl methyl sites for hydroxylation is 1. The molecule has 0 saturated heterocycles. The van der Waals surface area contributed by atoms with Gasteiger partial charge in [-0.1, -0.05) is 6.07 Å². The van der Waals surface area contributed by atoms with E-state index in [9.17, 15) is 13.2 Å². The van der Waals surface area contributed by atoms with Crippen molar-refractivity contribution in [3.05, 3.63) is 23.8 Å². The van der Waals surface area contributed by atoms with Crippen LogP contribution in [0, 0.1) is 6.92 Å². The van der Waals surface area contributed by atoms with Crippen molar-refractivity contribution in [1.82, 2.24) is 4.72 Å². The Morgan fingerprint density at radius 1 is 1.44 bits per heavy atom. The van der Waals surface area contributed by atoms with Crippen LogP contribution in [0.5, 0.6) is 0 Å². The maximum absolute atomic E-state index is 12.0. The number of carbonyl (C=O) groups is 1. The van der Waals surface area contributed by atoms with Crippen LogP contribution in [0.25, 0.3) is 0 Å². The standard InChI is InChI=1S/C11H16N2O4S/c1-7-4-5-9(6-10(7)12)18(15,16)13-8(2)11(14)17-3/h4-6,8,13H,12H2,1-3H3. The molecular formula is C11H16N2O4S. The second-order valence-corrected chi connectivity index (χ2v) is 5.60. The number of esters is 1. The van der Waals surface area contributed by atoms with Gasteiger partial charge in [0.25, 0.3) is 0 Å². The molecule has 6 nitrogen and oxygen atoms in total. The van der Waals surface area contributed by atoms with Gasteiger partial charge >= 0.3 is 5.97 Å². The number of nitrogens with two attached hydrogens (primary N) is 1. The van der Waals surface area contributed by atoms with E-state index in [0.717, 1.165) is 5.56 Å². The largest absolute Gasteiger partial charge is 0.468 e. The summed E-state index contributed by atoms with van der Waals surface area (Å²) in [6.07, 6.45) is 0. The van der Waals surface area contributed by atoms with Crippen LogP contribution in [0.15, 0.2) is 23.1 Å². The topological polar surface area (TPSA) is 98.5 Å². The highest BCUT2D eigenvalue weighted by Crippen LogP contribution is 2.17. The van der Waals surface area contributed by atoms with Gasteiger partial charge in [0, 0.05) is 5.69 Å². The zero-order valence-electron chi connectivity index (χ0n) is 10.4. The third kappa shape index (κ3) is 3.21. The van der Waals surface area contributed by atoms with Crippen LogP contribution in [0.1, 0.15) is 12.5 Å². The van der Waals surface area contributed by atoms with Gasteiger partial charge in [-0.3, -0.25) is 4.79 Å². The quantitative estimate of drug-likeness (QED) is 0.611. The summed E-state index contributed by atoms with van der Waals surface area (Å²) in [6.45, 7) is 3.18. The fourth-order valence-corrected chi connectivity index (χ4v) is 2.54. The van der Waals surface area contributed by atoms with Gasteiger partial charge in [0.1, 0.15) is 6.04 Å². The number of anilines is 1. The van der Waals surface area contributed by atoms with Gasteiger partial charge in [-0.2, -0.15) is 4.72 Å². The lowest BCUT2D eigenvalue weighted by Crippen LogP contribution is -2.39. The lowest BCUT2D eigenvalue weighted by atomic mass is 10.2. The molecule has 3 N–H and O–H groups in total. The van der Waals surface area contributed by atoms with Crippen molar-refractivity contribution < 1.29 is 17.9 Å². The summed E-state index contributed by atoms with van der Waals surface area (Å²) in [5.41, 5.74) is 6.82. The molecule has 1 aromatic carbocycles. The van der Waals surface area contributed by atoms with E-state index in [1.807, 2.05) is 0 Å². The van der Waals surface area contributed by atoms with E-state index in [-0.39, 0.29) is 4.90 Å². The van der Waals surface area contributed by atoms with E-state index < -0.39 is 22.0 Å². The molecule has 0 saturated carbocycles. The molecule has 0 spiro atoms. The molecular weight excluding hydrogens is 256 g/mol. The van der Waals surface area contributed by atoms with Crippen LogP contribution >= 0.6 is 0 Å². The molecule has 0 radical (unpaired) electrons. The number of hydrogen-bond acceptors (Lipinski definition) is 5. The van der Waals surface area contributed by atoms with Crippen molar-refractivity contribution in [3.63, 3.8) is 0 Å². The average molecular weight is 272 g/mol. The lowest BCUT2D eigenvalue weighted by Gasteiger charge is -2.12. The van der Waals surface area contributed by atoms with Crippen LogP contribution in [0.4, 0.5) is 5.69 Å². The second-order valence-electron chi connectivity index (χ2n) is 3.88. The molecule has 100 valence electrons. The summed E-state index contributed by atoms with van der Waals surface area (Å²) in [5, 5.41) is 0. The third-order valence-corrected chi connectivity index (χ3v) is 3.99. The normalized spacial score (nSPS) is 13.1. The van der Waals surface area contributed by atoms with Gasteiger partial charge in [0.05, 0.1) is 12.0 Å². The van der Waals surface area contributed by atoms with Gasteiger partial charge in [0.15, 0.2) is 0 Å². The summed E-state index contributed by atoms with van der Waals surface area (Å²) >= 11 is 0. The van der Waals surface area contributed by atoms with Gasteiger partial charge in [-0.05, 0) is 31.5 Å². The Bertz CT molecular complexity index is 554. The first-order valence-electron chi connectivity index (χ1n) is 5.24. The van der Waals surface area contributed by atoms with Crippen molar-refractivity contribution in [2.45, 2.75) is 24.8 Å². The highest BCUT2D eigenvalue weighted by atomic mass is 32.2. The van der Waals surface area contributed by atoms with Crippen LogP contribution in [0.3, 0.4) is 0 Å². The monoisotopic (exact) mass is 272 g/mol. The van der Waals surface area contributed by atoms with E-state index in [1.54, 1.807) is 13.0 Å². The molecule has 1 aromatic rings. The Hall–Kier alpha value is -1.60. The minimum absolute atomic E-state index is 0.0151. The number of methoxy groups -OCH3 is 1. The van der Waals surface area contributed by atoms with Crippen molar-refractivity contribution in [3.8, 4) is 0 Å². The zero-order chi connectivity index (χ0) is 13.9. The molecule has 0 aliphatic rings. The molecule has 0 aliphatic carbocycles. The molecule has 1 atom stereocenters. The number of carbonyl (C=O) groups excluding carboxylic acids is 1. The predicted molar refractivity (Wildman–Crippen MR) is 67.4 cm³/mol. The zero-order valence-corrected chi connectivity index (χ0v) is 11.2. The van der Waals surface area contributed by atoms with Crippen molar-refractivity contribution in [1.29, 1.82) is 0 Å². The fourth-order valence-electron chi connectivity index (χ4n) is 1.31. The van der Waals surface area contributed by atoms with Gasteiger partial charge in [0.2, 0.25) is 10.0 Å². The average Bonchev–Trinajstić information content (AvgIpc) is 2.30. The minimum Gasteiger partial charge on any atom is -0.468 e. The van der Waals surface area contributed by atoms with Gasteiger partial charge in [-0.15, -0.1) is 0 Å². The second kappa shape index (κ2) is 5.36. The summed E-state index contributed by atoms with van der Waals surface area (Å²) in [4.78, 5) is 11.2. The molecule has 0 aliphatic heterocycles. The Morgan fingerprint density at radius 3 is 2.56 bits per heavy atom. The van der Waals surface area contributed by atoms with E-state index in [1.165, 1.54) is 26.2 Å². The first-order chi connectivity index (χ1) is 8.27. The Kier molecular flexibility index (Phi) is 4.31. The fraction of sp³-hybridized carbons (Fsp3) is 0.364. The molecule has 1 rings (SSSR count). The van der Waals surface area contributed by atoms with Crippen molar-refractivity contribution in [2.75, 3.05) is 12.8 Å². The van der Waals surface area contributed by atoms with Gasteiger partial charge in [-0.25, -0.2) is 8.42 Å². The SMILES string of the molecule is COC(=O)C(C)NS(=O)(=O)c1ccc(C)c(N)c1. The van der Waals surface area contributed by atoms with Crippen LogP contribution < -0.4 is 10.5 Å². The highest BCUT2D eigenvalue weighted by molar-refractivity contribution is 7.89. The Balaban J connectivity index is 3.00. The first-order valence-corrected chi connectivity index (χ1v) is 6.72. The van der Waals surface area contributed by atoms with Crippen molar-refractivity contribution in [2.24, 2.45) is 0 Å². The molecule has 0 amide bonds. The van der Waals surface area contributed by atoms with E-state index >= 15 is 0 Å². The summed E-state index contributed by atoms with van der Waals surface area (Å²) in [5.74, 6) is -0.654. The molecule has 7 heteroatoms. The number of sulfonamides is 1. The number of nitrogens with one attached hydrogen (secondary N) is 1. The van der Waals surface area contributed by atoms with Crippen molar-refractivity contribution >= 4 is 21.7 Å². The van der Waals surface area contributed by atoms with Crippen LogP contribution in [-0.4, -0.2) is 27.5 Å². The number of benzene rings is 1. The van der Waals surface area contributed by atoms with E-state index in [4.69, 9.17) is 5.73 Å². The van der Waals surface area contributed by atoms with E-state index in [0.29, 0.717) is 5.69 Å². The number of hydrogen-bond donors (Lipinski definition) is 2. The Labute approximate surface area is 106 Å².